The first kappa shape index (κ1) is 107. The molecule has 18 rings (SSSR count). The van der Waals surface area contributed by atoms with Crippen LogP contribution in [-0.2, 0) is 101 Å². The van der Waals surface area contributed by atoms with Crippen LogP contribution >= 0.6 is 0 Å². The summed E-state index contributed by atoms with van der Waals surface area (Å²) in [6.45, 7) is 68.7. The van der Waals surface area contributed by atoms with E-state index in [4.69, 9.17) is 59.2 Å². The molecule has 12 aromatic heterocycles. The molecule has 6 aromatic carbocycles. The quantitative estimate of drug-likeness (QED) is 0.0786. The number of hydrogen-bond acceptors (Lipinski definition) is 13. The summed E-state index contributed by atoms with van der Waals surface area (Å²) in [6.07, 6.45) is 11.4. The molecule has 0 atom stereocenters. The summed E-state index contributed by atoms with van der Waals surface area (Å²) in [5, 5.41) is 14.9. The number of benzene rings is 6. The minimum atomic E-state index is -0.508. The van der Waals surface area contributed by atoms with Crippen LogP contribution in [0.15, 0.2) is 201 Å². The number of hydrogen-bond donors (Lipinski definition) is 0. The zero-order valence-electron chi connectivity index (χ0n) is 87.8. The Bertz CT molecular complexity index is 7680. The van der Waals surface area contributed by atoms with Gasteiger partial charge < -0.3 is 37.1 Å². The van der Waals surface area contributed by atoms with Crippen molar-refractivity contribution in [2.24, 2.45) is 0 Å². The molecule has 0 radical (unpaired) electrons. The average molecular weight is 2430 g/mol. The third-order valence-electron chi connectivity index (χ3n) is 26.4. The molecule has 19 nitrogen and oxygen atoms in total. The molecule has 142 heavy (non-hydrogen) atoms. The Morgan fingerprint density at radius 2 is 0.599 bits per heavy atom. The summed E-state index contributed by atoms with van der Waals surface area (Å²) in [5.74, 6) is 4.29. The van der Waals surface area contributed by atoms with Gasteiger partial charge in [0, 0.05) is 138 Å². The third kappa shape index (κ3) is 22.5. The van der Waals surface area contributed by atoms with E-state index >= 15 is 0 Å². The van der Waals surface area contributed by atoms with Gasteiger partial charge in [-0.25, -0.2) is 4.98 Å². The molecule has 18 aromatic rings. The molecule has 12 heterocycles. The Balaban J connectivity index is 0.000000177. The predicted molar refractivity (Wildman–Crippen MR) is 559 cm³/mol. The van der Waals surface area contributed by atoms with Gasteiger partial charge in [0.2, 0.25) is 5.88 Å². The van der Waals surface area contributed by atoms with Crippen molar-refractivity contribution in [1.29, 1.82) is 0 Å². The largest absolute Gasteiger partial charge is 2.00 e. The Labute approximate surface area is 882 Å². The second kappa shape index (κ2) is 41.2. The molecule has 0 N–H and O–H groups in total. The van der Waals surface area contributed by atoms with E-state index < -0.39 is 5.41 Å². The molecule has 22 heteroatoms. The van der Waals surface area contributed by atoms with Crippen LogP contribution in [0.2, 0.25) is 0 Å². The summed E-state index contributed by atoms with van der Waals surface area (Å²) >= 11 is 0. The van der Waals surface area contributed by atoms with Crippen molar-refractivity contribution >= 4 is 16.9 Å². The van der Waals surface area contributed by atoms with Crippen LogP contribution in [0.3, 0.4) is 0 Å². The van der Waals surface area contributed by atoms with Crippen LogP contribution in [-0.4, -0.2) is 72.4 Å². The summed E-state index contributed by atoms with van der Waals surface area (Å²) in [5.41, 5.74) is 32.9. The molecule has 0 aliphatic carbocycles. The fraction of sp³-hybridized carbons (Fsp3) is 0.325. The van der Waals surface area contributed by atoms with Crippen molar-refractivity contribution < 1.29 is 82.1 Å². The molecular formula is C120H129N15O4Pt3. The van der Waals surface area contributed by atoms with E-state index in [1.165, 1.54) is 11.1 Å². The number of rotatable bonds is 17. The number of imidazole rings is 3. The van der Waals surface area contributed by atoms with Gasteiger partial charge in [0.15, 0.2) is 0 Å². The molecule has 0 amide bonds. The molecular weight excluding hydrogens is 2300 g/mol. The smallest absolute Gasteiger partial charge is 0.508 e. The molecule has 0 spiro atoms. The number of ether oxygens (including phenoxy) is 4. The Morgan fingerprint density at radius 3 is 0.986 bits per heavy atom. The number of pyridine rings is 6. The van der Waals surface area contributed by atoms with Gasteiger partial charge in [-0.1, -0.05) is 266 Å². The Hall–Kier alpha value is -12.3. The van der Waals surface area contributed by atoms with Crippen molar-refractivity contribution in [3.8, 4) is 108 Å². The molecule has 0 bridgehead atoms. The minimum Gasteiger partial charge on any atom is -0.508 e. The summed E-state index contributed by atoms with van der Waals surface area (Å²) < 4.78 is 38.4. The van der Waals surface area contributed by atoms with E-state index in [1.807, 2.05) is 120 Å². The van der Waals surface area contributed by atoms with Crippen molar-refractivity contribution in [3.63, 3.8) is 0 Å². The van der Waals surface area contributed by atoms with E-state index in [0.29, 0.717) is 51.8 Å². The third-order valence-corrected chi connectivity index (χ3v) is 26.4. The van der Waals surface area contributed by atoms with Gasteiger partial charge >= 0.3 is 63.2 Å². The summed E-state index contributed by atoms with van der Waals surface area (Å²) in [4.78, 5) is 28.8. The predicted octanol–water partition coefficient (Wildman–Crippen LogP) is 29.2. The molecule has 738 valence electrons. The number of nitrogens with zero attached hydrogens (tertiary/aromatic N) is 15. The number of aromatic nitrogens is 15. The normalized spacial score (nSPS) is 12.1. The SMILES string of the molecule is Cc1nn(-c2[c-]c(Oc3[c-]c(-c4cc(C(C)(C)C)ccn4)c4nc(C)c(C)n4c3)cc(C(C)(C)C)c2)c(C)c1-c1ccccc1.Cc1nn(-c2[c-]c(Oc3[c-]c(C(C)(C)c4cc(C(C)(C)C)ccn4)c4nc(C)c(C)n4c3)cc(C(C)(C)C)c2)c(C)c1-c1ccccc1.Cc1nn(-c2[c-]c(Oc3[c-]c(Oc4cc(C(C)(C)C)ccn4)c4nc(C)c(C)n4c3)cc(C(C)(C)C)c2)c(C)c1-c1ccccc1.[Pt+2].[Pt+2].[Pt+2]. The van der Waals surface area contributed by atoms with Crippen molar-refractivity contribution in [3.05, 3.63) is 350 Å². The van der Waals surface area contributed by atoms with Crippen LogP contribution in [0, 0.1) is 119 Å². The Morgan fingerprint density at radius 1 is 0.275 bits per heavy atom. The fourth-order valence-corrected chi connectivity index (χ4v) is 17.6. The van der Waals surface area contributed by atoms with E-state index in [1.54, 1.807) is 6.20 Å². The van der Waals surface area contributed by atoms with Gasteiger partial charge in [0.1, 0.15) is 0 Å². The molecule has 0 saturated heterocycles. The van der Waals surface area contributed by atoms with E-state index in [9.17, 15) is 0 Å². The number of fused-ring (bicyclic) bond motifs is 3. The summed E-state index contributed by atoms with van der Waals surface area (Å²) in [6, 6.07) is 77.4. The van der Waals surface area contributed by atoms with Gasteiger partial charge in [-0.05, 0) is 202 Å². The van der Waals surface area contributed by atoms with Crippen LogP contribution in [0.4, 0.5) is 0 Å². The zero-order valence-corrected chi connectivity index (χ0v) is 94.7. The van der Waals surface area contributed by atoms with Crippen LogP contribution in [0.1, 0.15) is 251 Å². The van der Waals surface area contributed by atoms with Gasteiger partial charge in [0.05, 0.1) is 39.9 Å². The van der Waals surface area contributed by atoms with Crippen LogP contribution in [0.5, 0.6) is 46.1 Å². The molecule has 0 fully saturated rings. The van der Waals surface area contributed by atoms with Gasteiger partial charge in [0.25, 0.3) is 0 Å². The average Bonchev–Trinajstić information content (AvgIpc) is 1.55. The number of aryl methyl sites for hydroxylation is 9. The monoisotopic (exact) mass is 2430 g/mol. The summed E-state index contributed by atoms with van der Waals surface area (Å²) in [7, 11) is 0. The molecule has 0 aliphatic rings. The van der Waals surface area contributed by atoms with Crippen LogP contribution < -0.4 is 18.9 Å². The zero-order chi connectivity index (χ0) is 100.0. The molecule has 0 aliphatic heterocycles. The first-order valence-corrected chi connectivity index (χ1v) is 47.8. The van der Waals surface area contributed by atoms with E-state index in [-0.39, 0.29) is 95.7 Å². The first-order chi connectivity index (χ1) is 65.3. The standard InChI is InChI=1S/C42H47N5O.C39H41N5O2.C39H41N5O.3Pt/c1-26-28(3)46-25-35(24-36(39(46)44-26)42(11,12)37-22-31(18-19-43-37)40(5,6)7)48-34-21-32(41(8,9)10)20-33(23-34)47-29(4)38(27(2)45-47)30-16-14-13-15-17-30;1-24-26(3)43-23-33(22-34(37(43)41-24)46-35-20-29(16-17-40-35)38(5,6)7)45-32-19-30(39(8,9)10)18-31(21-32)44-27(4)36(25(2)42-44)28-14-12-11-13-15-28;1-24-26(3)43-23-33(22-34(37(43)41-24)35-20-29(16-17-40-35)38(5,6)7)45-32-19-30(39(8,9)10)18-31(21-32)44-27(4)36(25(2)42-44)28-14-12-11-13-15-28;;;/h13-22,25H,1-12H3;11-20,23H,1-10H3;11-20,23H,1-10H3;;;/q3*-2;3*+2. The second-order valence-corrected chi connectivity index (χ2v) is 43.5. The Kier molecular flexibility index (Phi) is 31.1. The maximum absolute atomic E-state index is 6.74. The van der Waals surface area contributed by atoms with Gasteiger partial charge in [-0.2, -0.15) is 15.3 Å². The maximum Gasteiger partial charge on any atom is 2.00 e. The fourth-order valence-electron chi connectivity index (χ4n) is 17.6. The van der Waals surface area contributed by atoms with Crippen molar-refractivity contribution in [2.75, 3.05) is 0 Å². The maximum atomic E-state index is 6.74. The molecule has 0 saturated carbocycles. The minimum absolute atomic E-state index is 0. The van der Waals surface area contributed by atoms with E-state index in [0.717, 1.165) is 175 Å². The van der Waals surface area contributed by atoms with Gasteiger partial charge in [-0.3, -0.25) is 34.0 Å². The van der Waals surface area contributed by atoms with Crippen molar-refractivity contribution in [1.82, 2.24) is 72.4 Å². The second-order valence-electron chi connectivity index (χ2n) is 43.5. The van der Waals surface area contributed by atoms with E-state index in [2.05, 4.69) is 365 Å². The first-order valence-electron chi connectivity index (χ1n) is 47.8. The van der Waals surface area contributed by atoms with Crippen LogP contribution in [0.25, 0.3) is 78.6 Å². The van der Waals surface area contributed by atoms with Gasteiger partial charge in [-0.15, -0.1) is 82.9 Å². The van der Waals surface area contributed by atoms with Crippen molar-refractivity contribution in [2.45, 2.75) is 259 Å². The topological polar surface area (TPSA) is 181 Å². The molecule has 0 unspecified atom stereocenters.